The summed E-state index contributed by atoms with van der Waals surface area (Å²) in [5.74, 6) is 2.06. The van der Waals surface area contributed by atoms with Crippen molar-refractivity contribution in [2.75, 3.05) is 11.9 Å². The molecule has 15 heavy (non-hydrogen) atoms. The van der Waals surface area contributed by atoms with Crippen LogP contribution in [0.15, 0.2) is 18.7 Å². The number of aromatic nitrogens is 2. The van der Waals surface area contributed by atoms with E-state index in [1.807, 2.05) is 0 Å². The van der Waals surface area contributed by atoms with E-state index in [4.69, 9.17) is 11.6 Å². The summed E-state index contributed by atoms with van der Waals surface area (Å²) in [6.45, 7) is 8.56. The van der Waals surface area contributed by atoms with Gasteiger partial charge in [-0.3, -0.25) is 0 Å². The predicted octanol–water partition coefficient (Wildman–Crippen LogP) is 2.93. The van der Waals surface area contributed by atoms with Crippen LogP contribution >= 0.6 is 11.6 Å². The molecule has 0 aliphatic heterocycles. The van der Waals surface area contributed by atoms with Gasteiger partial charge in [0.25, 0.3) is 0 Å². The van der Waals surface area contributed by atoms with Gasteiger partial charge >= 0.3 is 0 Å². The summed E-state index contributed by atoms with van der Waals surface area (Å²) in [5.41, 5.74) is 0. The summed E-state index contributed by atoms with van der Waals surface area (Å²) in [7, 11) is 0. The topological polar surface area (TPSA) is 37.8 Å². The van der Waals surface area contributed by atoms with Crippen molar-refractivity contribution in [1.29, 1.82) is 0 Å². The molecule has 1 rings (SSSR count). The highest BCUT2D eigenvalue weighted by Gasteiger charge is 2.04. The van der Waals surface area contributed by atoms with Gasteiger partial charge in [0.1, 0.15) is 16.8 Å². The first-order valence-electron chi connectivity index (χ1n) is 5.00. The first-order valence-corrected chi connectivity index (χ1v) is 5.38. The lowest BCUT2D eigenvalue weighted by Crippen LogP contribution is -2.06. The molecule has 1 N–H and O–H groups in total. The number of nitrogens with one attached hydrogen (secondary N) is 1. The number of nitrogens with zero attached hydrogens (tertiary/aromatic N) is 2. The highest BCUT2D eigenvalue weighted by atomic mass is 35.5. The zero-order valence-electron chi connectivity index (χ0n) is 9.13. The van der Waals surface area contributed by atoms with Gasteiger partial charge in [-0.1, -0.05) is 31.5 Å². The van der Waals surface area contributed by atoms with Gasteiger partial charge in [-0.2, -0.15) is 0 Å². The molecule has 0 aliphatic carbocycles. The van der Waals surface area contributed by atoms with Gasteiger partial charge in [-0.25, -0.2) is 9.97 Å². The van der Waals surface area contributed by atoms with Gasteiger partial charge in [-0.15, -0.1) is 6.58 Å². The van der Waals surface area contributed by atoms with Crippen LogP contribution in [0.1, 0.15) is 19.7 Å². The highest BCUT2D eigenvalue weighted by Crippen LogP contribution is 2.13. The summed E-state index contributed by atoms with van der Waals surface area (Å²) >= 11 is 5.90. The van der Waals surface area contributed by atoms with E-state index in [-0.39, 0.29) is 0 Å². The van der Waals surface area contributed by atoms with Gasteiger partial charge in [-0.05, 0) is 5.92 Å². The monoisotopic (exact) mass is 225 g/mol. The van der Waals surface area contributed by atoms with E-state index in [2.05, 4.69) is 35.7 Å². The Morgan fingerprint density at radius 2 is 2.27 bits per heavy atom. The maximum atomic E-state index is 5.90. The van der Waals surface area contributed by atoms with Crippen molar-refractivity contribution in [3.05, 3.63) is 29.7 Å². The molecule has 0 atom stereocenters. The van der Waals surface area contributed by atoms with E-state index in [9.17, 15) is 0 Å². The molecular formula is C11H16ClN3. The molecule has 0 unspecified atom stereocenters. The number of halogens is 1. The molecule has 4 heteroatoms. The second-order valence-electron chi connectivity index (χ2n) is 3.76. The molecule has 0 amide bonds. The quantitative estimate of drug-likeness (QED) is 0.619. The Bertz CT molecular complexity index is 337. The van der Waals surface area contributed by atoms with Crippen molar-refractivity contribution in [3.8, 4) is 0 Å². The molecule has 1 aromatic heterocycles. The average molecular weight is 226 g/mol. The van der Waals surface area contributed by atoms with Gasteiger partial charge in [0.2, 0.25) is 0 Å². The fourth-order valence-corrected chi connectivity index (χ4v) is 1.39. The van der Waals surface area contributed by atoms with Crippen molar-refractivity contribution < 1.29 is 0 Å². The molecule has 0 aromatic carbocycles. The molecule has 0 fully saturated rings. The number of hydrogen-bond acceptors (Lipinski definition) is 3. The van der Waals surface area contributed by atoms with Gasteiger partial charge in [0, 0.05) is 19.0 Å². The lowest BCUT2D eigenvalue weighted by atomic mass is 10.1. The van der Waals surface area contributed by atoms with E-state index in [1.54, 1.807) is 12.1 Å². The second kappa shape index (κ2) is 5.71. The van der Waals surface area contributed by atoms with Gasteiger partial charge < -0.3 is 5.32 Å². The third-order valence-electron chi connectivity index (χ3n) is 1.76. The summed E-state index contributed by atoms with van der Waals surface area (Å²) in [6, 6.07) is 1.72. The number of hydrogen-bond donors (Lipinski definition) is 1. The minimum Gasteiger partial charge on any atom is -0.366 e. The summed E-state index contributed by atoms with van der Waals surface area (Å²) in [4.78, 5) is 8.53. The lowest BCUT2D eigenvalue weighted by molar-refractivity contribution is 0.621. The first kappa shape index (κ1) is 12.0. The molecule has 0 saturated heterocycles. The Hall–Kier alpha value is -1.09. The third-order valence-corrected chi connectivity index (χ3v) is 1.95. The fraction of sp³-hybridized carbons (Fsp3) is 0.455. The number of anilines is 1. The van der Waals surface area contributed by atoms with E-state index < -0.39 is 0 Å². The largest absolute Gasteiger partial charge is 0.366 e. The summed E-state index contributed by atoms with van der Waals surface area (Å²) in [6.07, 6.45) is 2.61. The van der Waals surface area contributed by atoms with Crippen LogP contribution in [0, 0.1) is 5.92 Å². The van der Waals surface area contributed by atoms with Crippen LogP contribution in [0.2, 0.25) is 5.15 Å². The Morgan fingerprint density at radius 3 is 2.87 bits per heavy atom. The molecule has 0 bridgehead atoms. The second-order valence-corrected chi connectivity index (χ2v) is 4.15. The maximum Gasteiger partial charge on any atom is 0.134 e. The van der Waals surface area contributed by atoms with Crippen LogP contribution in [0.5, 0.6) is 0 Å². The normalized spacial score (nSPS) is 10.4. The van der Waals surface area contributed by atoms with Crippen LogP contribution in [0.25, 0.3) is 0 Å². The molecule has 1 heterocycles. The van der Waals surface area contributed by atoms with Crippen molar-refractivity contribution in [2.45, 2.75) is 20.3 Å². The van der Waals surface area contributed by atoms with Crippen LogP contribution in [-0.4, -0.2) is 16.5 Å². The van der Waals surface area contributed by atoms with Gasteiger partial charge in [0.15, 0.2) is 0 Å². The Kier molecular flexibility index (Phi) is 4.56. The van der Waals surface area contributed by atoms with Gasteiger partial charge in [0.05, 0.1) is 0 Å². The Balaban J connectivity index is 2.79. The molecule has 82 valence electrons. The van der Waals surface area contributed by atoms with Crippen LogP contribution in [0.3, 0.4) is 0 Å². The van der Waals surface area contributed by atoms with Crippen LogP contribution in [0.4, 0.5) is 5.82 Å². The van der Waals surface area contributed by atoms with E-state index in [1.165, 1.54) is 0 Å². The Morgan fingerprint density at radius 1 is 1.53 bits per heavy atom. The average Bonchev–Trinajstić information content (AvgIpc) is 2.12. The molecule has 0 aliphatic rings. The fourth-order valence-electron chi connectivity index (χ4n) is 1.19. The minimum absolute atomic E-state index is 0.479. The molecule has 0 saturated carbocycles. The van der Waals surface area contributed by atoms with Crippen molar-refractivity contribution >= 4 is 17.4 Å². The van der Waals surface area contributed by atoms with Crippen LogP contribution < -0.4 is 5.32 Å². The molecule has 3 nitrogen and oxygen atoms in total. The van der Waals surface area contributed by atoms with E-state index >= 15 is 0 Å². The zero-order valence-corrected chi connectivity index (χ0v) is 9.88. The van der Waals surface area contributed by atoms with Crippen LogP contribution in [-0.2, 0) is 6.42 Å². The van der Waals surface area contributed by atoms with Crippen molar-refractivity contribution in [3.63, 3.8) is 0 Å². The summed E-state index contributed by atoms with van der Waals surface area (Å²) in [5, 5.41) is 3.57. The molecule has 0 radical (unpaired) electrons. The lowest BCUT2D eigenvalue weighted by Gasteiger charge is -2.07. The Labute approximate surface area is 95.6 Å². The highest BCUT2D eigenvalue weighted by molar-refractivity contribution is 6.29. The maximum absolute atomic E-state index is 5.90. The third kappa shape index (κ3) is 4.30. The molecule has 0 spiro atoms. The minimum atomic E-state index is 0.479. The summed E-state index contributed by atoms with van der Waals surface area (Å²) < 4.78 is 0. The van der Waals surface area contributed by atoms with Crippen molar-refractivity contribution in [1.82, 2.24) is 9.97 Å². The standard InChI is InChI=1S/C11H16ClN3/c1-4-5-13-10-7-9(12)14-11(15-10)6-8(2)3/h4,7-8H,1,5-6H2,2-3H3,(H,13,14,15). The molecule has 1 aromatic rings. The smallest absolute Gasteiger partial charge is 0.134 e. The van der Waals surface area contributed by atoms with E-state index in [0.29, 0.717) is 17.6 Å². The SMILES string of the molecule is C=CCNc1cc(Cl)nc(CC(C)C)n1. The predicted molar refractivity (Wildman–Crippen MR) is 64.3 cm³/mol. The van der Waals surface area contributed by atoms with E-state index in [0.717, 1.165) is 18.1 Å². The zero-order chi connectivity index (χ0) is 11.3. The molecular weight excluding hydrogens is 210 g/mol. The number of rotatable bonds is 5. The first-order chi connectivity index (χ1) is 7.11. The van der Waals surface area contributed by atoms with Crippen molar-refractivity contribution in [2.24, 2.45) is 5.92 Å².